The standard InChI is InChI=1S/C32H27N7O3/c40-20-23(41)19-35-32-34-18-16-28(37-32)27-11-6-17-33-31(27)42-24-14-12-22(13-15-24)36-30-26-10-5-4-9-25(26)29(38-39-30)21-7-2-1-3-8-21/h1-18,23,40-41H,19-20H2,(H,36,39)(H,34,35,37). The minimum atomic E-state index is -0.911. The molecule has 10 nitrogen and oxygen atoms in total. The molecule has 0 saturated carbocycles. The fraction of sp³-hybridized carbons (Fsp3) is 0.0938. The van der Waals surface area contributed by atoms with Crippen molar-refractivity contribution in [2.45, 2.75) is 6.10 Å². The highest BCUT2D eigenvalue weighted by molar-refractivity contribution is 6.00. The maximum Gasteiger partial charge on any atom is 0.228 e. The largest absolute Gasteiger partial charge is 0.438 e. The molecule has 0 aliphatic rings. The van der Waals surface area contributed by atoms with Crippen LogP contribution in [0.25, 0.3) is 33.3 Å². The lowest BCUT2D eigenvalue weighted by molar-refractivity contribution is 0.105. The summed E-state index contributed by atoms with van der Waals surface area (Å²) >= 11 is 0. The molecular weight excluding hydrogens is 530 g/mol. The summed E-state index contributed by atoms with van der Waals surface area (Å²) in [6.07, 6.45) is 2.34. The third-order valence-electron chi connectivity index (χ3n) is 6.48. The Labute approximate surface area is 241 Å². The van der Waals surface area contributed by atoms with Crippen LogP contribution < -0.4 is 15.4 Å². The molecule has 0 radical (unpaired) electrons. The van der Waals surface area contributed by atoms with Crippen molar-refractivity contribution in [2.24, 2.45) is 0 Å². The van der Waals surface area contributed by atoms with Gasteiger partial charge in [-0.3, -0.25) is 0 Å². The summed E-state index contributed by atoms with van der Waals surface area (Å²) in [4.78, 5) is 13.1. The van der Waals surface area contributed by atoms with Crippen LogP contribution in [0.15, 0.2) is 109 Å². The number of ether oxygens (including phenoxy) is 1. The van der Waals surface area contributed by atoms with Gasteiger partial charge in [-0.05, 0) is 42.5 Å². The lowest BCUT2D eigenvalue weighted by Crippen LogP contribution is -2.23. The van der Waals surface area contributed by atoms with Gasteiger partial charge in [0.25, 0.3) is 0 Å². The third-order valence-corrected chi connectivity index (χ3v) is 6.48. The van der Waals surface area contributed by atoms with Crippen LogP contribution in [-0.4, -0.2) is 54.6 Å². The van der Waals surface area contributed by atoms with Gasteiger partial charge >= 0.3 is 0 Å². The fourth-order valence-electron chi connectivity index (χ4n) is 4.39. The van der Waals surface area contributed by atoms with Crippen molar-refractivity contribution in [3.63, 3.8) is 0 Å². The van der Waals surface area contributed by atoms with Crippen molar-refractivity contribution in [3.8, 4) is 34.1 Å². The van der Waals surface area contributed by atoms with Crippen LogP contribution in [0, 0.1) is 0 Å². The topological polar surface area (TPSA) is 138 Å². The SMILES string of the molecule is OCC(O)CNc1nccc(-c2cccnc2Oc2ccc(Nc3nnc(-c4ccccc4)c4ccccc34)cc2)n1. The number of pyridine rings is 1. The predicted molar refractivity (Wildman–Crippen MR) is 162 cm³/mol. The Hall–Kier alpha value is -5.45. The first kappa shape index (κ1) is 26.8. The van der Waals surface area contributed by atoms with Crippen LogP contribution >= 0.6 is 0 Å². The van der Waals surface area contributed by atoms with Crippen LogP contribution in [0.1, 0.15) is 0 Å². The number of nitrogens with one attached hydrogen (secondary N) is 2. The first-order valence-electron chi connectivity index (χ1n) is 13.3. The number of anilines is 3. The van der Waals surface area contributed by atoms with E-state index < -0.39 is 6.10 Å². The van der Waals surface area contributed by atoms with Crippen LogP contribution in [0.5, 0.6) is 11.6 Å². The molecule has 0 spiro atoms. The third kappa shape index (κ3) is 5.99. The minimum Gasteiger partial charge on any atom is -0.438 e. The van der Waals surface area contributed by atoms with Gasteiger partial charge in [0.1, 0.15) is 11.4 Å². The average Bonchev–Trinajstić information content (AvgIpc) is 3.05. The summed E-state index contributed by atoms with van der Waals surface area (Å²) < 4.78 is 6.14. The second kappa shape index (κ2) is 12.4. The maximum atomic E-state index is 9.61. The van der Waals surface area contributed by atoms with Crippen molar-refractivity contribution in [1.29, 1.82) is 0 Å². The van der Waals surface area contributed by atoms with Crippen LogP contribution in [0.2, 0.25) is 0 Å². The first-order valence-corrected chi connectivity index (χ1v) is 13.3. The molecule has 6 aromatic rings. The van der Waals surface area contributed by atoms with Crippen LogP contribution in [0.4, 0.5) is 17.5 Å². The summed E-state index contributed by atoms with van der Waals surface area (Å²) in [7, 11) is 0. The van der Waals surface area contributed by atoms with Gasteiger partial charge < -0.3 is 25.6 Å². The molecule has 0 aliphatic carbocycles. The number of fused-ring (bicyclic) bond motifs is 1. The quantitative estimate of drug-likeness (QED) is 0.172. The number of benzene rings is 3. The molecule has 0 saturated heterocycles. The highest BCUT2D eigenvalue weighted by Gasteiger charge is 2.13. The number of rotatable bonds is 10. The Morgan fingerprint density at radius 2 is 1.55 bits per heavy atom. The van der Waals surface area contributed by atoms with Crippen LogP contribution in [-0.2, 0) is 0 Å². The molecule has 1 unspecified atom stereocenters. The van der Waals surface area contributed by atoms with Crippen LogP contribution in [0.3, 0.4) is 0 Å². The second-order valence-electron chi connectivity index (χ2n) is 9.40. The molecule has 0 fully saturated rings. The smallest absolute Gasteiger partial charge is 0.228 e. The molecule has 0 bridgehead atoms. The van der Waals surface area contributed by atoms with Gasteiger partial charge in [-0.25, -0.2) is 15.0 Å². The van der Waals surface area contributed by atoms with E-state index in [-0.39, 0.29) is 13.2 Å². The summed E-state index contributed by atoms with van der Waals surface area (Å²) in [5.41, 5.74) is 3.94. The van der Waals surface area contributed by atoms with Gasteiger partial charge in [-0.1, -0.05) is 54.6 Å². The monoisotopic (exact) mass is 557 g/mol. The summed E-state index contributed by atoms with van der Waals surface area (Å²) in [6, 6.07) is 31.0. The zero-order valence-electron chi connectivity index (χ0n) is 22.4. The van der Waals surface area contributed by atoms with Crippen molar-refractivity contribution >= 4 is 28.2 Å². The zero-order chi connectivity index (χ0) is 28.7. The van der Waals surface area contributed by atoms with Crippen molar-refractivity contribution in [3.05, 3.63) is 109 Å². The summed E-state index contributed by atoms with van der Waals surface area (Å²) in [6.45, 7) is -0.235. The zero-order valence-corrected chi connectivity index (χ0v) is 22.4. The Morgan fingerprint density at radius 1 is 0.762 bits per heavy atom. The highest BCUT2D eigenvalue weighted by Crippen LogP contribution is 2.33. The normalized spacial score (nSPS) is 11.7. The Balaban J connectivity index is 1.20. The van der Waals surface area contributed by atoms with E-state index in [9.17, 15) is 5.11 Å². The van der Waals surface area contributed by atoms with Gasteiger partial charge in [0.05, 0.1) is 24.0 Å². The Bertz CT molecular complexity index is 1800. The molecule has 3 heterocycles. The minimum absolute atomic E-state index is 0.120. The lowest BCUT2D eigenvalue weighted by atomic mass is 10.0. The van der Waals surface area contributed by atoms with Crippen molar-refractivity contribution in [1.82, 2.24) is 25.1 Å². The molecule has 0 amide bonds. The Morgan fingerprint density at radius 3 is 2.36 bits per heavy atom. The molecule has 3 aromatic carbocycles. The van der Waals surface area contributed by atoms with Gasteiger partial charge in [-0.2, -0.15) is 0 Å². The van der Waals surface area contributed by atoms with Gasteiger partial charge in [0, 0.05) is 41.0 Å². The lowest BCUT2D eigenvalue weighted by Gasteiger charge is -2.13. The van der Waals surface area contributed by atoms with E-state index in [0.717, 1.165) is 27.7 Å². The number of hydrogen-bond acceptors (Lipinski definition) is 10. The molecule has 3 aromatic heterocycles. The molecule has 208 valence electrons. The first-order chi connectivity index (χ1) is 20.7. The molecule has 4 N–H and O–H groups in total. The second-order valence-corrected chi connectivity index (χ2v) is 9.40. The van der Waals surface area contributed by atoms with E-state index in [4.69, 9.17) is 9.84 Å². The van der Waals surface area contributed by atoms with E-state index in [2.05, 4.69) is 35.8 Å². The Kier molecular flexibility index (Phi) is 7.89. The van der Waals surface area contributed by atoms with Gasteiger partial charge in [-0.15, -0.1) is 10.2 Å². The van der Waals surface area contributed by atoms with Gasteiger partial charge in [0.15, 0.2) is 5.82 Å². The van der Waals surface area contributed by atoms with Crippen molar-refractivity contribution in [2.75, 3.05) is 23.8 Å². The molecule has 10 heteroatoms. The van der Waals surface area contributed by atoms with E-state index in [1.807, 2.05) is 84.9 Å². The summed E-state index contributed by atoms with van der Waals surface area (Å²) in [5.74, 6) is 1.95. The molecule has 6 rings (SSSR count). The number of aliphatic hydroxyl groups is 2. The number of hydrogen-bond donors (Lipinski definition) is 4. The number of aromatic nitrogens is 5. The fourth-order valence-corrected chi connectivity index (χ4v) is 4.39. The molecular formula is C32H27N7O3. The van der Waals surface area contributed by atoms with Gasteiger partial charge in [0.2, 0.25) is 11.8 Å². The molecule has 1 atom stereocenters. The number of nitrogens with zero attached hydrogens (tertiary/aromatic N) is 5. The molecule has 42 heavy (non-hydrogen) atoms. The van der Waals surface area contributed by atoms with Crippen molar-refractivity contribution < 1.29 is 14.9 Å². The van der Waals surface area contributed by atoms with E-state index in [1.165, 1.54) is 0 Å². The number of aliphatic hydroxyl groups excluding tert-OH is 2. The maximum absolute atomic E-state index is 9.61. The van der Waals surface area contributed by atoms with E-state index >= 15 is 0 Å². The average molecular weight is 558 g/mol. The highest BCUT2D eigenvalue weighted by atomic mass is 16.5. The predicted octanol–water partition coefficient (Wildman–Crippen LogP) is 5.45. The molecule has 0 aliphatic heterocycles. The van der Waals surface area contributed by atoms with E-state index in [0.29, 0.717) is 34.7 Å². The summed E-state index contributed by atoms with van der Waals surface area (Å²) in [5, 5.41) is 36.0. The van der Waals surface area contributed by atoms with E-state index in [1.54, 1.807) is 24.5 Å².